The second-order valence-electron chi connectivity index (χ2n) is 6.24. The lowest BCUT2D eigenvalue weighted by Crippen LogP contribution is -2.14. The number of aromatic nitrogens is 3. The summed E-state index contributed by atoms with van der Waals surface area (Å²) in [6, 6.07) is 6.03. The molecule has 1 aromatic carbocycles. The van der Waals surface area contributed by atoms with Crippen LogP contribution in [-0.2, 0) is 0 Å². The topological polar surface area (TPSA) is 59.8 Å². The van der Waals surface area contributed by atoms with Gasteiger partial charge >= 0.3 is 0 Å². The summed E-state index contributed by atoms with van der Waals surface area (Å²) in [4.78, 5) is 17.2. The van der Waals surface area contributed by atoms with Crippen molar-refractivity contribution in [1.29, 1.82) is 0 Å². The molecular weight excluding hydrogens is 339 g/mol. The molecule has 0 atom stereocenters. The fourth-order valence-corrected chi connectivity index (χ4v) is 3.66. The zero-order chi connectivity index (χ0) is 17.6. The number of aryl methyl sites for hydroxylation is 1. The van der Waals surface area contributed by atoms with Gasteiger partial charge in [-0.15, -0.1) is 11.3 Å². The van der Waals surface area contributed by atoms with Gasteiger partial charge in [-0.1, -0.05) is 0 Å². The van der Waals surface area contributed by atoms with Crippen LogP contribution in [0.1, 0.15) is 46.2 Å². The van der Waals surface area contributed by atoms with Gasteiger partial charge in [0.2, 0.25) is 0 Å². The van der Waals surface area contributed by atoms with Crippen LogP contribution in [0.4, 0.5) is 9.52 Å². The van der Waals surface area contributed by atoms with Crippen LogP contribution in [0.5, 0.6) is 0 Å². The number of nitrogens with zero attached hydrogens (tertiary/aromatic N) is 3. The summed E-state index contributed by atoms with van der Waals surface area (Å²) in [6.45, 7) is 3.62. The summed E-state index contributed by atoms with van der Waals surface area (Å²) in [5.41, 5.74) is 3.63. The Bertz CT molecular complexity index is 941. The zero-order valence-electron chi connectivity index (χ0n) is 13.9. The molecule has 5 nitrogen and oxygen atoms in total. The summed E-state index contributed by atoms with van der Waals surface area (Å²) >= 11 is 1.45. The Kier molecular flexibility index (Phi) is 3.88. The number of carbonyl (C=O) groups is 1. The summed E-state index contributed by atoms with van der Waals surface area (Å²) in [5, 5.41) is 9.92. The third kappa shape index (κ3) is 3.07. The van der Waals surface area contributed by atoms with Crippen LogP contribution in [-0.4, -0.2) is 20.7 Å². The van der Waals surface area contributed by atoms with Gasteiger partial charge in [-0.25, -0.2) is 14.1 Å². The van der Waals surface area contributed by atoms with Crippen LogP contribution < -0.4 is 5.32 Å². The maximum atomic E-state index is 13.1. The Labute approximate surface area is 148 Å². The van der Waals surface area contributed by atoms with Gasteiger partial charge in [0.15, 0.2) is 5.13 Å². The molecule has 1 amide bonds. The summed E-state index contributed by atoms with van der Waals surface area (Å²) < 4.78 is 14.8. The molecule has 1 N–H and O–H groups in total. The maximum Gasteiger partial charge on any atom is 0.261 e. The van der Waals surface area contributed by atoms with E-state index in [-0.39, 0.29) is 11.7 Å². The first-order chi connectivity index (χ1) is 12.0. The Morgan fingerprint density at radius 1 is 1.28 bits per heavy atom. The lowest BCUT2D eigenvalue weighted by atomic mass is 10.2. The van der Waals surface area contributed by atoms with Crippen LogP contribution in [0.3, 0.4) is 0 Å². The standard InChI is InChI=1S/C18H17FN4OS/c1-10-16(11(2)23(22-10)14-7-5-13(19)6-8-14)17(24)21-18-20-15(9-25-18)12-3-4-12/h5-9,12H,3-4H2,1-2H3,(H,20,21,24). The molecule has 2 heterocycles. The van der Waals surface area contributed by atoms with Gasteiger partial charge in [-0.3, -0.25) is 10.1 Å². The molecule has 1 saturated carbocycles. The van der Waals surface area contributed by atoms with Gasteiger partial charge in [0.05, 0.1) is 28.3 Å². The average molecular weight is 356 g/mol. The molecule has 1 fully saturated rings. The second-order valence-corrected chi connectivity index (χ2v) is 7.10. The van der Waals surface area contributed by atoms with Crippen LogP contribution in [0.2, 0.25) is 0 Å². The number of rotatable bonds is 4. The molecule has 4 rings (SSSR count). The van der Waals surface area contributed by atoms with E-state index in [1.807, 2.05) is 12.3 Å². The normalized spacial score (nSPS) is 13.9. The molecule has 2 aromatic heterocycles. The van der Waals surface area contributed by atoms with Crippen molar-refractivity contribution in [2.24, 2.45) is 0 Å². The van der Waals surface area contributed by atoms with E-state index in [9.17, 15) is 9.18 Å². The molecule has 3 aromatic rings. The van der Waals surface area contributed by atoms with Gasteiger partial charge in [0, 0.05) is 11.3 Å². The number of carbonyl (C=O) groups excluding carboxylic acids is 1. The highest BCUT2D eigenvalue weighted by Crippen LogP contribution is 2.40. The number of thiazole rings is 1. The molecule has 0 spiro atoms. The average Bonchev–Trinajstić information content (AvgIpc) is 3.26. The fraction of sp³-hybridized carbons (Fsp3) is 0.278. The van der Waals surface area contributed by atoms with E-state index in [0.29, 0.717) is 33.7 Å². The molecule has 0 unspecified atom stereocenters. The minimum absolute atomic E-state index is 0.222. The first-order valence-corrected chi connectivity index (χ1v) is 9.00. The fourth-order valence-electron chi connectivity index (χ4n) is 2.87. The van der Waals surface area contributed by atoms with Crippen LogP contribution >= 0.6 is 11.3 Å². The number of amides is 1. The van der Waals surface area contributed by atoms with E-state index in [1.54, 1.807) is 23.7 Å². The van der Waals surface area contributed by atoms with E-state index < -0.39 is 0 Å². The van der Waals surface area contributed by atoms with E-state index in [1.165, 1.54) is 36.3 Å². The SMILES string of the molecule is Cc1nn(-c2ccc(F)cc2)c(C)c1C(=O)Nc1nc(C2CC2)cs1. The van der Waals surface area contributed by atoms with Crippen molar-refractivity contribution in [2.45, 2.75) is 32.6 Å². The van der Waals surface area contributed by atoms with Gasteiger partial charge in [0.25, 0.3) is 5.91 Å². The number of hydrogen-bond acceptors (Lipinski definition) is 4. The molecule has 7 heteroatoms. The Balaban J connectivity index is 1.60. The van der Waals surface area contributed by atoms with Gasteiger partial charge in [-0.05, 0) is 51.0 Å². The third-order valence-electron chi connectivity index (χ3n) is 4.33. The summed E-state index contributed by atoms with van der Waals surface area (Å²) in [7, 11) is 0. The van der Waals surface area contributed by atoms with Crippen molar-refractivity contribution in [2.75, 3.05) is 5.32 Å². The third-order valence-corrected chi connectivity index (χ3v) is 5.10. The Morgan fingerprint density at radius 3 is 2.68 bits per heavy atom. The lowest BCUT2D eigenvalue weighted by Gasteiger charge is -2.05. The highest BCUT2D eigenvalue weighted by molar-refractivity contribution is 7.14. The molecular formula is C18H17FN4OS. The summed E-state index contributed by atoms with van der Waals surface area (Å²) in [5.74, 6) is 0.0325. The predicted octanol–water partition coefficient (Wildman–Crippen LogP) is 4.21. The van der Waals surface area contributed by atoms with Crippen molar-refractivity contribution >= 4 is 22.4 Å². The van der Waals surface area contributed by atoms with Gasteiger partial charge in [0.1, 0.15) is 5.82 Å². The molecule has 0 aliphatic heterocycles. The minimum Gasteiger partial charge on any atom is -0.298 e. The maximum absolute atomic E-state index is 13.1. The zero-order valence-corrected chi connectivity index (χ0v) is 14.7. The molecule has 1 aliphatic rings. The Hall–Kier alpha value is -2.54. The predicted molar refractivity (Wildman–Crippen MR) is 95.0 cm³/mol. The smallest absolute Gasteiger partial charge is 0.261 e. The van der Waals surface area contributed by atoms with Crippen molar-refractivity contribution in [3.05, 3.63) is 58.1 Å². The number of benzene rings is 1. The van der Waals surface area contributed by atoms with Crippen LogP contribution in [0.25, 0.3) is 5.69 Å². The van der Waals surface area contributed by atoms with E-state index >= 15 is 0 Å². The van der Waals surface area contributed by atoms with E-state index in [2.05, 4.69) is 15.4 Å². The second kappa shape index (κ2) is 6.07. The number of hydrogen-bond donors (Lipinski definition) is 1. The van der Waals surface area contributed by atoms with Crippen molar-refractivity contribution in [3.63, 3.8) is 0 Å². The lowest BCUT2D eigenvalue weighted by molar-refractivity contribution is 0.102. The molecule has 128 valence electrons. The molecule has 1 aliphatic carbocycles. The first kappa shape index (κ1) is 16.0. The number of halogens is 1. The number of nitrogens with one attached hydrogen (secondary N) is 1. The number of anilines is 1. The molecule has 0 radical (unpaired) electrons. The van der Waals surface area contributed by atoms with Crippen molar-refractivity contribution in [1.82, 2.24) is 14.8 Å². The quantitative estimate of drug-likeness (QED) is 0.762. The van der Waals surface area contributed by atoms with Crippen LogP contribution in [0.15, 0.2) is 29.6 Å². The van der Waals surface area contributed by atoms with E-state index in [0.717, 1.165) is 5.69 Å². The van der Waals surface area contributed by atoms with Crippen molar-refractivity contribution in [3.8, 4) is 5.69 Å². The van der Waals surface area contributed by atoms with Gasteiger partial charge < -0.3 is 0 Å². The summed E-state index contributed by atoms with van der Waals surface area (Å²) in [6.07, 6.45) is 2.36. The molecule has 25 heavy (non-hydrogen) atoms. The van der Waals surface area contributed by atoms with Crippen LogP contribution in [0, 0.1) is 19.7 Å². The van der Waals surface area contributed by atoms with Crippen molar-refractivity contribution < 1.29 is 9.18 Å². The molecule has 0 bridgehead atoms. The largest absolute Gasteiger partial charge is 0.298 e. The first-order valence-electron chi connectivity index (χ1n) is 8.12. The monoisotopic (exact) mass is 356 g/mol. The minimum atomic E-state index is -0.307. The molecule has 0 saturated heterocycles. The Morgan fingerprint density at radius 2 is 2.00 bits per heavy atom. The van der Waals surface area contributed by atoms with E-state index in [4.69, 9.17) is 0 Å². The van der Waals surface area contributed by atoms with Gasteiger partial charge in [-0.2, -0.15) is 5.10 Å². The highest BCUT2D eigenvalue weighted by Gasteiger charge is 2.27. The highest BCUT2D eigenvalue weighted by atomic mass is 32.1.